The molecule has 19 heavy (non-hydrogen) atoms. The summed E-state index contributed by atoms with van der Waals surface area (Å²) in [5.74, 6) is 0.702. The zero-order valence-corrected chi connectivity index (χ0v) is 13.2. The fourth-order valence-electron chi connectivity index (χ4n) is 2.81. The molecule has 0 bridgehead atoms. The van der Waals surface area contributed by atoms with Gasteiger partial charge in [-0.2, -0.15) is 0 Å². The maximum atomic E-state index is 9.82. The molecule has 0 aromatic heterocycles. The monoisotopic (exact) mass is 327 g/mol. The highest BCUT2D eigenvalue weighted by molar-refractivity contribution is 9.10. The summed E-state index contributed by atoms with van der Waals surface area (Å²) in [6.45, 7) is 0.889. The first-order valence-corrected chi connectivity index (χ1v) is 7.66. The molecule has 106 valence electrons. The maximum Gasteiger partial charge on any atom is 0.172 e. The van der Waals surface area contributed by atoms with Gasteiger partial charge in [-0.15, -0.1) is 0 Å². The maximum absolute atomic E-state index is 9.82. The van der Waals surface area contributed by atoms with Crippen LogP contribution >= 0.6 is 15.9 Å². The van der Waals surface area contributed by atoms with Gasteiger partial charge in [-0.05, 0) is 53.5 Å². The van der Waals surface area contributed by atoms with Crippen LogP contribution < -0.4 is 4.74 Å². The van der Waals surface area contributed by atoms with Gasteiger partial charge in [0.1, 0.15) is 0 Å². The number of hydrogen-bond donors (Lipinski definition) is 1. The summed E-state index contributed by atoms with van der Waals surface area (Å²) in [6.07, 6.45) is 6.66. The first kappa shape index (κ1) is 14.7. The minimum atomic E-state index is 0.173. The normalized spacial score (nSPS) is 16.8. The number of benzene rings is 1. The van der Waals surface area contributed by atoms with Gasteiger partial charge in [0.25, 0.3) is 0 Å². The van der Waals surface area contributed by atoms with E-state index in [0.717, 1.165) is 12.1 Å². The van der Waals surface area contributed by atoms with E-state index in [1.54, 1.807) is 7.11 Å². The zero-order chi connectivity index (χ0) is 13.8. The molecule has 1 saturated carbocycles. The Kier molecular flexibility index (Phi) is 5.11. The van der Waals surface area contributed by atoms with Gasteiger partial charge in [-0.3, -0.25) is 4.90 Å². The van der Waals surface area contributed by atoms with E-state index in [1.807, 2.05) is 12.1 Å². The Morgan fingerprint density at radius 1 is 1.32 bits per heavy atom. The number of halogens is 1. The molecule has 1 aromatic carbocycles. The van der Waals surface area contributed by atoms with Crippen molar-refractivity contribution in [3.05, 3.63) is 22.2 Å². The van der Waals surface area contributed by atoms with E-state index >= 15 is 0 Å². The lowest BCUT2D eigenvalue weighted by Crippen LogP contribution is -2.32. The summed E-state index contributed by atoms with van der Waals surface area (Å²) in [6, 6.07) is 4.57. The molecule has 0 saturated heterocycles. The third-order valence-electron chi connectivity index (χ3n) is 3.94. The van der Waals surface area contributed by atoms with Crippen LogP contribution in [0.15, 0.2) is 16.6 Å². The number of phenolic OH excluding ortho intramolecular Hbond substituents is 1. The molecule has 3 nitrogen and oxygen atoms in total. The third-order valence-corrected chi connectivity index (χ3v) is 4.54. The van der Waals surface area contributed by atoms with Gasteiger partial charge in [0.15, 0.2) is 11.5 Å². The Morgan fingerprint density at radius 2 is 2.00 bits per heavy atom. The second kappa shape index (κ2) is 6.62. The molecule has 1 aliphatic carbocycles. The highest BCUT2D eigenvalue weighted by Crippen LogP contribution is 2.35. The summed E-state index contributed by atoms with van der Waals surface area (Å²) >= 11 is 3.38. The zero-order valence-electron chi connectivity index (χ0n) is 11.7. The van der Waals surface area contributed by atoms with E-state index in [1.165, 1.54) is 32.1 Å². The van der Waals surface area contributed by atoms with Gasteiger partial charge in [-0.1, -0.05) is 19.3 Å². The second-order valence-corrected chi connectivity index (χ2v) is 6.19. The van der Waals surface area contributed by atoms with Crippen LogP contribution in [0.3, 0.4) is 0 Å². The molecule has 0 amide bonds. The number of rotatable bonds is 4. The number of hydrogen-bond acceptors (Lipinski definition) is 3. The van der Waals surface area contributed by atoms with Crippen LogP contribution in [0.25, 0.3) is 0 Å². The average molecular weight is 328 g/mol. The summed E-state index contributed by atoms with van der Waals surface area (Å²) < 4.78 is 5.89. The minimum absolute atomic E-state index is 0.173. The van der Waals surface area contributed by atoms with Crippen molar-refractivity contribution in [2.24, 2.45) is 0 Å². The predicted octanol–water partition coefficient (Wildman–Crippen LogP) is 3.93. The van der Waals surface area contributed by atoms with E-state index in [4.69, 9.17) is 4.74 Å². The summed E-state index contributed by atoms with van der Waals surface area (Å²) in [5.41, 5.74) is 1.16. The number of ether oxygens (including phenoxy) is 1. The lowest BCUT2D eigenvalue weighted by molar-refractivity contribution is 0.184. The molecule has 4 heteroatoms. The van der Waals surface area contributed by atoms with Crippen molar-refractivity contribution in [2.75, 3.05) is 14.2 Å². The van der Waals surface area contributed by atoms with Crippen molar-refractivity contribution in [2.45, 2.75) is 44.7 Å². The van der Waals surface area contributed by atoms with Crippen LogP contribution in [0.1, 0.15) is 37.7 Å². The van der Waals surface area contributed by atoms with E-state index in [9.17, 15) is 5.11 Å². The van der Waals surface area contributed by atoms with Crippen molar-refractivity contribution in [1.29, 1.82) is 0 Å². The Labute approximate surface area is 123 Å². The molecular formula is C15H22BrNO2. The van der Waals surface area contributed by atoms with Gasteiger partial charge < -0.3 is 9.84 Å². The molecule has 0 radical (unpaired) electrons. The molecule has 1 aliphatic rings. The van der Waals surface area contributed by atoms with E-state index in [-0.39, 0.29) is 5.75 Å². The number of phenols is 1. The standard InChI is InChI=1S/C15H22BrNO2/c1-17(12-6-4-3-5-7-12)10-11-8-13(16)15(18)14(9-11)19-2/h8-9,12,18H,3-7,10H2,1-2H3. The van der Waals surface area contributed by atoms with Crippen LogP contribution in [0.5, 0.6) is 11.5 Å². The van der Waals surface area contributed by atoms with Gasteiger partial charge >= 0.3 is 0 Å². The van der Waals surface area contributed by atoms with Gasteiger partial charge in [-0.25, -0.2) is 0 Å². The summed E-state index contributed by atoms with van der Waals surface area (Å²) in [7, 11) is 3.76. The van der Waals surface area contributed by atoms with Crippen molar-refractivity contribution in [3.63, 3.8) is 0 Å². The second-order valence-electron chi connectivity index (χ2n) is 5.34. The topological polar surface area (TPSA) is 32.7 Å². The first-order valence-electron chi connectivity index (χ1n) is 6.87. The molecule has 0 atom stereocenters. The molecule has 0 spiro atoms. The number of methoxy groups -OCH3 is 1. The highest BCUT2D eigenvalue weighted by atomic mass is 79.9. The molecular weight excluding hydrogens is 306 g/mol. The largest absolute Gasteiger partial charge is 0.503 e. The van der Waals surface area contributed by atoms with Crippen molar-refractivity contribution >= 4 is 15.9 Å². The summed E-state index contributed by atoms with van der Waals surface area (Å²) in [5, 5.41) is 9.82. The Balaban J connectivity index is 2.07. The Morgan fingerprint density at radius 3 is 2.63 bits per heavy atom. The minimum Gasteiger partial charge on any atom is -0.503 e. The SMILES string of the molecule is COc1cc(CN(C)C2CCCCC2)cc(Br)c1O. The predicted molar refractivity (Wildman–Crippen MR) is 80.7 cm³/mol. The average Bonchev–Trinajstić information content (AvgIpc) is 2.43. The van der Waals surface area contributed by atoms with Gasteiger partial charge in [0, 0.05) is 12.6 Å². The number of nitrogens with zero attached hydrogens (tertiary/aromatic N) is 1. The molecule has 1 aromatic rings. The fourth-order valence-corrected chi connectivity index (χ4v) is 3.30. The van der Waals surface area contributed by atoms with Crippen molar-refractivity contribution in [1.82, 2.24) is 4.90 Å². The number of aromatic hydroxyl groups is 1. The van der Waals surface area contributed by atoms with E-state index in [2.05, 4.69) is 27.9 Å². The molecule has 1 fully saturated rings. The van der Waals surface area contributed by atoms with Crippen LogP contribution in [-0.2, 0) is 6.54 Å². The summed E-state index contributed by atoms with van der Waals surface area (Å²) in [4.78, 5) is 2.41. The van der Waals surface area contributed by atoms with Crippen molar-refractivity contribution < 1.29 is 9.84 Å². The van der Waals surface area contributed by atoms with Crippen LogP contribution in [0.4, 0.5) is 0 Å². The molecule has 1 N–H and O–H groups in total. The molecule has 0 unspecified atom stereocenters. The lowest BCUT2D eigenvalue weighted by Gasteiger charge is -2.31. The smallest absolute Gasteiger partial charge is 0.172 e. The lowest BCUT2D eigenvalue weighted by atomic mass is 9.94. The van der Waals surface area contributed by atoms with Crippen molar-refractivity contribution in [3.8, 4) is 11.5 Å². The first-order chi connectivity index (χ1) is 9.11. The van der Waals surface area contributed by atoms with Crippen LogP contribution in [0.2, 0.25) is 0 Å². The van der Waals surface area contributed by atoms with Crippen LogP contribution in [0, 0.1) is 0 Å². The van der Waals surface area contributed by atoms with E-state index < -0.39 is 0 Å². The highest BCUT2D eigenvalue weighted by Gasteiger charge is 2.18. The molecule has 2 rings (SSSR count). The van der Waals surface area contributed by atoms with E-state index in [0.29, 0.717) is 16.3 Å². The Hall–Kier alpha value is -0.740. The molecule has 0 heterocycles. The molecule has 0 aliphatic heterocycles. The van der Waals surface area contributed by atoms with Gasteiger partial charge in [0.05, 0.1) is 11.6 Å². The van der Waals surface area contributed by atoms with Crippen LogP contribution in [-0.4, -0.2) is 30.2 Å². The third kappa shape index (κ3) is 3.63. The van der Waals surface area contributed by atoms with Gasteiger partial charge in [0.2, 0.25) is 0 Å². The fraction of sp³-hybridized carbons (Fsp3) is 0.600. The Bertz CT molecular complexity index is 430. The quantitative estimate of drug-likeness (QED) is 0.909.